The molecule has 6 heteroatoms. The van der Waals surface area contributed by atoms with Crippen LogP contribution in [0.25, 0.3) is 0 Å². The lowest BCUT2D eigenvalue weighted by atomic mass is 9.99. The predicted molar refractivity (Wildman–Crippen MR) is 119 cm³/mol. The SMILES string of the molecule is CCCCOc1ccc(C(=O)NCc2ccc(N3CCC(C)CC3)nc2)cc1OC. The van der Waals surface area contributed by atoms with Gasteiger partial charge in [0, 0.05) is 31.4 Å². The molecule has 1 N–H and O–H groups in total. The molecule has 0 unspecified atom stereocenters. The Morgan fingerprint density at radius 2 is 2.00 bits per heavy atom. The Balaban J connectivity index is 1.54. The molecule has 30 heavy (non-hydrogen) atoms. The molecule has 0 saturated carbocycles. The minimum Gasteiger partial charge on any atom is -0.493 e. The maximum atomic E-state index is 12.6. The van der Waals surface area contributed by atoms with Crippen LogP contribution in [0.5, 0.6) is 11.5 Å². The summed E-state index contributed by atoms with van der Waals surface area (Å²) in [6.07, 6.45) is 6.32. The number of anilines is 1. The van der Waals surface area contributed by atoms with E-state index in [1.54, 1.807) is 25.3 Å². The van der Waals surface area contributed by atoms with Crippen molar-refractivity contribution in [1.82, 2.24) is 10.3 Å². The lowest BCUT2D eigenvalue weighted by Gasteiger charge is -2.31. The fraction of sp³-hybridized carbons (Fsp3) is 0.500. The number of rotatable bonds is 9. The fourth-order valence-electron chi connectivity index (χ4n) is 3.48. The minimum atomic E-state index is -0.150. The highest BCUT2D eigenvalue weighted by Crippen LogP contribution is 2.28. The third-order valence-electron chi connectivity index (χ3n) is 5.55. The second kappa shape index (κ2) is 10.9. The van der Waals surface area contributed by atoms with Crippen LogP contribution in [0.2, 0.25) is 0 Å². The molecular formula is C24H33N3O3. The number of nitrogens with one attached hydrogen (secondary N) is 1. The van der Waals surface area contributed by atoms with Crippen molar-refractivity contribution in [2.45, 2.75) is 46.1 Å². The maximum absolute atomic E-state index is 12.6. The Hall–Kier alpha value is -2.76. The van der Waals surface area contributed by atoms with Crippen LogP contribution < -0.4 is 19.7 Å². The van der Waals surface area contributed by atoms with E-state index < -0.39 is 0 Å². The van der Waals surface area contributed by atoms with Gasteiger partial charge in [0.25, 0.3) is 5.91 Å². The molecule has 1 aliphatic heterocycles. The van der Waals surface area contributed by atoms with Gasteiger partial charge in [-0.1, -0.05) is 26.3 Å². The second-order valence-electron chi connectivity index (χ2n) is 7.94. The molecule has 0 atom stereocenters. The van der Waals surface area contributed by atoms with Crippen LogP contribution in [0, 0.1) is 5.92 Å². The average Bonchev–Trinajstić information content (AvgIpc) is 2.78. The first-order valence-electron chi connectivity index (χ1n) is 10.9. The van der Waals surface area contributed by atoms with Crippen LogP contribution in [-0.4, -0.2) is 37.7 Å². The minimum absolute atomic E-state index is 0.150. The number of benzene rings is 1. The predicted octanol–water partition coefficient (Wildman–Crippen LogP) is 4.44. The fourth-order valence-corrected chi connectivity index (χ4v) is 3.48. The van der Waals surface area contributed by atoms with Crippen LogP contribution in [0.4, 0.5) is 5.82 Å². The number of carbonyl (C=O) groups is 1. The molecule has 0 radical (unpaired) electrons. The highest BCUT2D eigenvalue weighted by Gasteiger charge is 2.17. The van der Waals surface area contributed by atoms with Gasteiger partial charge in [0.2, 0.25) is 0 Å². The summed E-state index contributed by atoms with van der Waals surface area (Å²) in [5, 5.41) is 2.95. The van der Waals surface area contributed by atoms with Crippen molar-refractivity contribution in [3.05, 3.63) is 47.7 Å². The van der Waals surface area contributed by atoms with E-state index >= 15 is 0 Å². The highest BCUT2D eigenvalue weighted by molar-refractivity contribution is 5.94. The van der Waals surface area contributed by atoms with E-state index in [9.17, 15) is 4.79 Å². The van der Waals surface area contributed by atoms with E-state index in [-0.39, 0.29) is 5.91 Å². The normalized spacial score (nSPS) is 14.4. The molecule has 3 rings (SSSR count). The molecular weight excluding hydrogens is 378 g/mol. The summed E-state index contributed by atoms with van der Waals surface area (Å²) in [4.78, 5) is 19.5. The standard InChI is InChI=1S/C24H33N3O3/c1-4-5-14-30-21-8-7-20(15-22(21)29-3)24(28)26-17-19-6-9-23(25-16-19)27-12-10-18(2)11-13-27/h6-9,15-16,18H,4-5,10-14,17H2,1-3H3,(H,26,28). The zero-order chi connectivity index (χ0) is 21.3. The number of pyridine rings is 1. The van der Waals surface area contributed by atoms with Gasteiger partial charge < -0.3 is 19.7 Å². The molecule has 2 heterocycles. The number of nitrogens with zero attached hydrogens (tertiary/aromatic N) is 2. The summed E-state index contributed by atoms with van der Waals surface area (Å²) in [5.74, 6) is 2.89. The van der Waals surface area contributed by atoms with Crippen molar-refractivity contribution in [3.63, 3.8) is 0 Å². The monoisotopic (exact) mass is 411 g/mol. The van der Waals surface area contributed by atoms with Gasteiger partial charge in [-0.25, -0.2) is 4.98 Å². The number of piperidine rings is 1. The zero-order valence-electron chi connectivity index (χ0n) is 18.3. The molecule has 162 valence electrons. The number of unbranched alkanes of at least 4 members (excludes halogenated alkanes) is 1. The smallest absolute Gasteiger partial charge is 0.251 e. The molecule has 0 aliphatic carbocycles. The highest BCUT2D eigenvalue weighted by atomic mass is 16.5. The molecule has 2 aromatic rings. The van der Waals surface area contributed by atoms with Gasteiger partial charge in [0.1, 0.15) is 5.82 Å². The van der Waals surface area contributed by atoms with Gasteiger partial charge in [0.05, 0.1) is 13.7 Å². The van der Waals surface area contributed by atoms with Gasteiger partial charge in [-0.2, -0.15) is 0 Å². The Kier molecular flexibility index (Phi) is 7.94. The number of ether oxygens (including phenoxy) is 2. The van der Waals surface area contributed by atoms with E-state index in [0.29, 0.717) is 30.2 Å². The van der Waals surface area contributed by atoms with Crippen molar-refractivity contribution in [2.24, 2.45) is 5.92 Å². The van der Waals surface area contributed by atoms with Gasteiger partial charge >= 0.3 is 0 Å². The van der Waals surface area contributed by atoms with Crippen LogP contribution in [0.1, 0.15) is 55.5 Å². The van der Waals surface area contributed by atoms with E-state index in [0.717, 1.165) is 43.2 Å². The molecule has 0 bridgehead atoms. The first kappa shape index (κ1) is 21.9. The number of carbonyl (C=O) groups excluding carboxylic acids is 1. The van der Waals surface area contributed by atoms with Gasteiger partial charge in [-0.3, -0.25) is 4.79 Å². The van der Waals surface area contributed by atoms with Crippen LogP contribution in [0.3, 0.4) is 0 Å². The Morgan fingerprint density at radius 3 is 2.67 bits per heavy atom. The molecule has 1 aliphatic rings. The molecule has 1 saturated heterocycles. The molecule has 1 aromatic heterocycles. The van der Waals surface area contributed by atoms with E-state index in [4.69, 9.17) is 9.47 Å². The zero-order valence-corrected chi connectivity index (χ0v) is 18.3. The quantitative estimate of drug-likeness (QED) is 0.618. The van der Waals surface area contributed by atoms with E-state index in [1.165, 1.54) is 12.8 Å². The van der Waals surface area contributed by atoms with Gasteiger partial charge in [-0.05, 0) is 55.0 Å². The summed E-state index contributed by atoms with van der Waals surface area (Å²) in [6, 6.07) is 9.35. The van der Waals surface area contributed by atoms with E-state index in [1.807, 2.05) is 18.3 Å². The summed E-state index contributed by atoms with van der Waals surface area (Å²) in [5.41, 5.74) is 1.52. The lowest BCUT2D eigenvalue weighted by Crippen LogP contribution is -2.33. The molecule has 1 amide bonds. The molecule has 1 aromatic carbocycles. The summed E-state index contributed by atoms with van der Waals surface area (Å²) < 4.78 is 11.1. The summed E-state index contributed by atoms with van der Waals surface area (Å²) in [6.45, 7) is 7.61. The van der Waals surface area contributed by atoms with E-state index in [2.05, 4.69) is 29.0 Å². The van der Waals surface area contributed by atoms with Gasteiger partial charge in [-0.15, -0.1) is 0 Å². The van der Waals surface area contributed by atoms with Crippen molar-refractivity contribution < 1.29 is 14.3 Å². The van der Waals surface area contributed by atoms with Crippen molar-refractivity contribution >= 4 is 11.7 Å². The Morgan fingerprint density at radius 1 is 1.20 bits per heavy atom. The van der Waals surface area contributed by atoms with Crippen LogP contribution in [-0.2, 0) is 6.54 Å². The van der Waals surface area contributed by atoms with Crippen molar-refractivity contribution in [2.75, 3.05) is 31.7 Å². The van der Waals surface area contributed by atoms with Gasteiger partial charge in [0.15, 0.2) is 11.5 Å². The number of hydrogen-bond acceptors (Lipinski definition) is 5. The largest absolute Gasteiger partial charge is 0.493 e. The lowest BCUT2D eigenvalue weighted by molar-refractivity contribution is 0.0950. The molecule has 0 spiro atoms. The van der Waals surface area contributed by atoms with Crippen molar-refractivity contribution in [3.8, 4) is 11.5 Å². The summed E-state index contributed by atoms with van der Waals surface area (Å²) >= 11 is 0. The molecule has 1 fully saturated rings. The first-order valence-corrected chi connectivity index (χ1v) is 10.9. The maximum Gasteiger partial charge on any atom is 0.251 e. The van der Waals surface area contributed by atoms with Crippen molar-refractivity contribution in [1.29, 1.82) is 0 Å². The summed E-state index contributed by atoms with van der Waals surface area (Å²) in [7, 11) is 1.58. The number of hydrogen-bond donors (Lipinski definition) is 1. The third kappa shape index (κ3) is 5.88. The Bertz CT molecular complexity index is 815. The number of methoxy groups -OCH3 is 1. The van der Waals surface area contributed by atoms with Crippen LogP contribution >= 0.6 is 0 Å². The first-order chi connectivity index (χ1) is 14.6. The number of amides is 1. The second-order valence-corrected chi connectivity index (χ2v) is 7.94. The number of aromatic nitrogens is 1. The third-order valence-corrected chi connectivity index (χ3v) is 5.55. The topological polar surface area (TPSA) is 63.7 Å². The Labute approximate surface area is 179 Å². The average molecular weight is 412 g/mol. The molecule has 6 nitrogen and oxygen atoms in total. The van der Waals surface area contributed by atoms with Crippen LogP contribution in [0.15, 0.2) is 36.5 Å².